The summed E-state index contributed by atoms with van der Waals surface area (Å²) in [4.78, 5) is 22.9. The predicted molar refractivity (Wildman–Crippen MR) is 101 cm³/mol. The molecule has 0 aliphatic carbocycles. The number of fused-ring (bicyclic) bond motifs is 1. The summed E-state index contributed by atoms with van der Waals surface area (Å²) in [6.45, 7) is 0. The van der Waals surface area contributed by atoms with E-state index in [-0.39, 0.29) is 11.9 Å². The van der Waals surface area contributed by atoms with Crippen LogP contribution in [0.2, 0.25) is 0 Å². The molecule has 0 aliphatic heterocycles. The van der Waals surface area contributed by atoms with E-state index in [0.717, 1.165) is 20.1 Å². The molecule has 1 aromatic carbocycles. The number of rotatable bonds is 4. The van der Waals surface area contributed by atoms with E-state index in [9.17, 15) is 0 Å². The molecule has 3 aromatic heterocycles. The second kappa shape index (κ2) is 6.61. The van der Waals surface area contributed by atoms with Gasteiger partial charge in [0.05, 0.1) is 5.75 Å². The van der Waals surface area contributed by atoms with Crippen LogP contribution in [0.25, 0.3) is 20.7 Å². The maximum atomic E-state index is 5.61. The number of hydrogen-bond acceptors (Lipinski definition) is 9. The van der Waals surface area contributed by atoms with Crippen molar-refractivity contribution in [2.45, 2.75) is 10.8 Å². The topological polar surface area (TPSA) is 116 Å². The smallest absolute Gasteiger partial charge is 0.225 e. The van der Waals surface area contributed by atoms with Crippen molar-refractivity contribution < 1.29 is 0 Å². The summed E-state index contributed by atoms with van der Waals surface area (Å²) in [5, 5.41) is 1.90. The van der Waals surface area contributed by atoms with Crippen LogP contribution in [0.1, 0.15) is 5.82 Å². The Morgan fingerprint density at radius 3 is 2.48 bits per heavy atom. The molecule has 0 bridgehead atoms. The molecule has 0 amide bonds. The zero-order chi connectivity index (χ0) is 17.2. The van der Waals surface area contributed by atoms with Crippen LogP contribution < -0.4 is 11.5 Å². The van der Waals surface area contributed by atoms with Gasteiger partial charge in [0.1, 0.15) is 22.0 Å². The molecule has 7 nitrogen and oxygen atoms in total. The standard InChI is InChI=1S/C16H13N7S2/c17-15-21-12(22-16(18)23-15)7-24-13-10-6-11(9-4-2-1-3-5-9)25-14(10)20-8-19-13/h1-6,8H,7H2,(H4,17,18,21,22,23). The lowest BCUT2D eigenvalue weighted by Crippen LogP contribution is -2.06. The monoisotopic (exact) mass is 367 g/mol. The third-order valence-corrected chi connectivity index (χ3v) is 5.50. The second-order valence-electron chi connectivity index (χ2n) is 5.13. The van der Waals surface area contributed by atoms with Crippen molar-refractivity contribution in [1.29, 1.82) is 0 Å². The normalized spacial score (nSPS) is 11.0. The van der Waals surface area contributed by atoms with E-state index in [4.69, 9.17) is 11.5 Å². The minimum atomic E-state index is 0.123. The van der Waals surface area contributed by atoms with Crippen LogP contribution in [-0.4, -0.2) is 24.9 Å². The summed E-state index contributed by atoms with van der Waals surface area (Å²) in [6, 6.07) is 12.3. The molecule has 124 valence electrons. The number of nitrogens with two attached hydrogens (primary N) is 2. The molecule has 9 heteroatoms. The third-order valence-electron chi connectivity index (χ3n) is 3.41. The Hall–Kier alpha value is -2.78. The predicted octanol–water partition coefficient (Wildman–Crippen LogP) is 3.00. The number of thioether (sulfide) groups is 1. The first-order chi connectivity index (χ1) is 12.2. The minimum Gasteiger partial charge on any atom is -0.368 e. The highest BCUT2D eigenvalue weighted by Crippen LogP contribution is 2.36. The zero-order valence-corrected chi connectivity index (χ0v) is 14.6. The average molecular weight is 367 g/mol. The Kier molecular flexibility index (Phi) is 4.16. The van der Waals surface area contributed by atoms with E-state index in [1.54, 1.807) is 17.7 Å². The quantitative estimate of drug-likeness (QED) is 0.418. The fraction of sp³-hybridized carbons (Fsp3) is 0.0625. The summed E-state index contributed by atoms with van der Waals surface area (Å²) in [6.07, 6.45) is 1.58. The lowest BCUT2D eigenvalue weighted by molar-refractivity contribution is 0.985. The van der Waals surface area contributed by atoms with Crippen molar-refractivity contribution in [3.63, 3.8) is 0 Å². The van der Waals surface area contributed by atoms with Gasteiger partial charge in [-0.15, -0.1) is 11.3 Å². The molecule has 4 N–H and O–H groups in total. The first kappa shape index (κ1) is 15.7. The Morgan fingerprint density at radius 2 is 1.72 bits per heavy atom. The fourth-order valence-corrected chi connectivity index (χ4v) is 4.24. The maximum absolute atomic E-state index is 5.61. The van der Waals surface area contributed by atoms with Crippen molar-refractivity contribution in [2.24, 2.45) is 0 Å². The molecule has 0 fully saturated rings. The van der Waals surface area contributed by atoms with Crippen LogP contribution in [-0.2, 0) is 5.75 Å². The number of aromatic nitrogens is 5. The molecule has 4 rings (SSSR count). The van der Waals surface area contributed by atoms with E-state index >= 15 is 0 Å². The SMILES string of the molecule is Nc1nc(N)nc(CSc2ncnc3sc(-c4ccccc4)cc23)n1. The highest BCUT2D eigenvalue weighted by molar-refractivity contribution is 7.98. The van der Waals surface area contributed by atoms with Gasteiger partial charge in [-0.25, -0.2) is 9.97 Å². The van der Waals surface area contributed by atoms with Crippen LogP contribution in [0.5, 0.6) is 0 Å². The number of hydrogen-bond donors (Lipinski definition) is 2. The number of benzene rings is 1. The van der Waals surface area contributed by atoms with Gasteiger partial charge in [0.2, 0.25) is 11.9 Å². The van der Waals surface area contributed by atoms with Crippen molar-refractivity contribution in [2.75, 3.05) is 11.5 Å². The van der Waals surface area contributed by atoms with E-state index < -0.39 is 0 Å². The van der Waals surface area contributed by atoms with Gasteiger partial charge in [-0.1, -0.05) is 42.1 Å². The summed E-state index contributed by atoms with van der Waals surface area (Å²) < 4.78 is 0. The van der Waals surface area contributed by atoms with E-state index in [1.165, 1.54) is 17.3 Å². The van der Waals surface area contributed by atoms with Gasteiger partial charge in [-0.05, 0) is 11.6 Å². The van der Waals surface area contributed by atoms with Crippen LogP contribution in [0.3, 0.4) is 0 Å². The largest absolute Gasteiger partial charge is 0.368 e. The highest BCUT2D eigenvalue weighted by Gasteiger charge is 2.12. The van der Waals surface area contributed by atoms with Gasteiger partial charge in [-0.2, -0.15) is 15.0 Å². The lowest BCUT2D eigenvalue weighted by Gasteiger charge is -2.02. The first-order valence-electron chi connectivity index (χ1n) is 7.38. The Balaban J connectivity index is 1.64. The van der Waals surface area contributed by atoms with Gasteiger partial charge in [0.15, 0.2) is 0 Å². The van der Waals surface area contributed by atoms with Crippen LogP contribution >= 0.6 is 23.1 Å². The highest BCUT2D eigenvalue weighted by atomic mass is 32.2. The van der Waals surface area contributed by atoms with Gasteiger partial charge in [0, 0.05) is 10.3 Å². The molecule has 0 saturated heterocycles. The Bertz CT molecular complexity index is 1010. The Labute approximate surface area is 151 Å². The molecule has 0 aliphatic rings. The summed E-state index contributed by atoms with van der Waals surface area (Å²) in [7, 11) is 0. The number of nitrogen functional groups attached to an aromatic ring is 2. The third kappa shape index (κ3) is 3.37. The number of thiophene rings is 1. The summed E-state index contributed by atoms with van der Waals surface area (Å²) in [5.41, 5.74) is 12.4. The van der Waals surface area contributed by atoms with Crippen LogP contribution in [0.4, 0.5) is 11.9 Å². The number of nitrogens with zero attached hydrogens (tertiary/aromatic N) is 5. The molecule has 0 unspecified atom stereocenters. The van der Waals surface area contributed by atoms with Crippen molar-refractivity contribution in [3.8, 4) is 10.4 Å². The molecule has 0 atom stereocenters. The first-order valence-corrected chi connectivity index (χ1v) is 9.18. The fourth-order valence-electron chi connectivity index (χ4n) is 2.35. The molecule has 3 heterocycles. The van der Waals surface area contributed by atoms with Crippen molar-refractivity contribution in [3.05, 3.63) is 48.5 Å². The summed E-state index contributed by atoms with van der Waals surface area (Å²) in [5.74, 6) is 1.27. The average Bonchev–Trinajstić information content (AvgIpc) is 3.05. The van der Waals surface area contributed by atoms with Gasteiger partial charge in [0.25, 0.3) is 0 Å². The van der Waals surface area contributed by atoms with Crippen molar-refractivity contribution >= 4 is 45.2 Å². The minimum absolute atomic E-state index is 0.123. The maximum Gasteiger partial charge on any atom is 0.225 e. The molecule has 0 spiro atoms. The van der Waals surface area contributed by atoms with E-state index in [0.29, 0.717) is 11.6 Å². The zero-order valence-electron chi connectivity index (χ0n) is 13.0. The van der Waals surface area contributed by atoms with Gasteiger partial charge >= 0.3 is 0 Å². The van der Waals surface area contributed by atoms with E-state index in [2.05, 4.69) is 43.1 Å². The van der Waals surface area contributed by atoms with Gasteiger partial charge < -0.3 is 11.5 Å². The molecule has 0 saturated carbocycles. The molecule has 4 aromatic rings. The van der Waals surface area contributed by atoms with Crippen LogP contribution in [0, 0.1) is 0 Å². The van der Waals surface area contributed by atoms with Crippen molar-refractivity contribution in [1.82, 2.24) is 24.9 Å². The molecular weight excluding hydrogens is 354 g/mol. The lowest BCUT2D eigenvalue weighted by atomic mass is 10.2. The molecule has 25 heavy (non-hydrogen) atoms. The van der Waals surface area contributed by atoms with Crippen LogP contribution in [0.15, 0.2) is 47.8 Å². The molecular formula is C16H13N7S2. The molecule has 0 radical (unpaired) electrons. The van der Waals surface area contributed by atoms with E-state index in [1.807, 2.05) is 18.2 Å². The Morgan fingerprint density at radius 1 is 0.960 bits per heavy atom. The summed E-state index contributed by atoms with van der Waals surface area (Å²) >= 11 is 3.17. The second-order valence-corrected chi connectivity index (χ2v) is 7.13. The van der Waals surface area contributed by atoms with Gasteiger partial charge in [-0.3, -0.25) is 0 Å². The number of anilines is 2.